The zero-order valence-corrected chi connectivity index (χ0v) is 11.3. The minimum atomic E-state index is -2.87. The quantitative estimate of drug-likeness (QED) is 0.744. The third-order valence-corrected chi connectivity index (χ3v) is 3.97. The molecule has 0 aromatic carbocycles. The van der Waals surface area contributed by atoms with E-state index in [1.165, 1.54) is 6.26 Å². The first-order valence-electron chi connectivity index (χ1n) is 5.96. The van der Waals surface area contributed by atoms with Crippen LogP contribution in [0, 0.1) is 0 Å². The summed E-state index contributed by atoms with van der Waals surface area (Å²) in [6, 6.07) is 1.90. The van der Waals surface area contributed by atoms with Gasteiger partial charge in [0, 0.05) is 45.2 Å². The third kappa shape index (κ3) is 3.92. The predicted molar refractivity (Wildman–Crippen MR) is 70.4 cm³/mol. The molecule has 0 unspecified atom stereocenters. The molecule has 1 saturated heterocycles. The van der Waals surface area contributed by atoms with Crippen molar-refractivity contribution in [3.05, 3.63) is 18.6 Å². The molecule has 7 heteroatoms. The number of piperazine rings is 1. The van der Waals surface area contributed by atoms with Gasteiger partial charge < -0.3 is 4.90 Å². The summed E-state index contributed by atoms with van der Waals surface area (Å²) in [5.74, 6) is 1.17. The van der Waals surface area contributed by atoms with E-state index in [0.29, 0.717) is 6.54 Å². The summed E-state index contributed by atoms with van der Waals surface area (Å²) in [6.07, 6.45) is 4.56. The molecule has 0 bridgehead atoms. The Morgan fingerprint density at radius 3 is 2.56 bits per heavy atom. The Kier molecular flexibility index (Phi) is 4.13. The number of hydrogen-bond acceptors (Lipinski definition) is 6. The van der Waals surface area contributed by atoms with Crippen LogP contribution in [0.4, 0.5) is 5.82 Å². The van der Waals surface area contributed by atoms with E-state index in [4.69, 9.17) is 0 Å². The molecule has 2 heterocycles. The van der Waals surface area contributed by atoms with Crippen LogP contribution in [0.5, 0.6) is 0 Å². The minimum absolute atomic E-state index is 0.237. The van der Waals surface area contributed by atoms with E-state index >= 15 is 0 Å². The molecule has 18 heavy (non-hydrogen) atoms. The Hall–Kier alpha value is -1.21. The molecule has 0 saturated carbocycles. The number of sulfone groups is 1. The van der Waals surface area contributed by atoms with Gasteiger partial charge in [0.1, 0.15) is 22.0 Å². The lowest BCUT2D eigenvalue weighted by Gasteiger charge is -2.35. The van der Waals surface area contributed by atoms with Crippen LogP contribution in [0.15, 0.2) is 18.6 Å². The highest BCUT2D eigenvalue weighted by molar-refractivity contribution is 7.90. The van der Waals surface area contributed by atoms with Crippen molar-refractivity contribution in [2.45, 2.75) is 0 Å². The standard InChI is InChI=1S/C11H18N4O2S/c1-18(16,17)9-8-14-4-6-15(7-5-14)11-2-3-12-10-13-11/h2-3,10H,4-9H2,1H3. The first-order valence-corrected chi connectivity index (χ1v) is 8.02. The largest absolute Gasteiger partial charge is 0.354 e. The number of anilines is 1. The summed E-state index contributed by atoms with van der Waals surface area (Å²) < 4.78 is 22.2. The van der Waals surface area contributed by atoms with Crippen LogP contribution < -0.4 is 4.90 Å². The van der Waals surface area contributed by atoms with Gasteiger partial charge in [-0.2, -0.15) is 0 Å². The maximum atomic E-state index is 11.1. The van der Waals surface area contributed by atoms with Gasteiger partial charge in [-0.25, -0.2) is 18.4 Å². The topological polar surface area (TPSA) is 66.4 Å². The normalized spacial score (nSPS) is 17.9. The monoisotopic (exact) mass is 270 g/mol. The molecule has 1 fully saturated rings. The van der Waals surface area contributed by atoms with Crippen molar-refractivity contribution in [1.82, 2.24) is 14.9 Å². The molecule has 0 N–H and O–H groups in total. The summed E-state index contributed by atoms with van der Waals surface area (Å²) in [6.45, 7) is 4.12. The molecule has 0 spiro atoms. The molecule has 0 atom stereocenters. The highest BCUT2D eigenvalue weighted by atomic mass is 32.2. The average molecular weight is 270 g/mol. The second kappa shape index (κ2) is 5.62. The van der Waals surface area contributed by atoms with Gasteiger partial charge in [0.15, 0.2) is 0 Å². The summed E-state index contributed by atoms with van der Waals surface area (Å²) in [7, 11) is -2.87. The Morgan fingerprint density at radius 1 is 1.28 bits per heavy atom. The minimum Gasteiger partial charge on any atom is -0.354 e. The molecule has 100 valence electrons. The molecule has 1 aliphatic rings. The fourth-order valence-corrected chi connectivity index (χ4v) is 2.56. The fourth-order valence-electron chi connectivity index (χ4n) is 1.97. The molecule has 2 rings (SSSR count). The SMILES string of the molecule is CS(=O)(=O)CCN1CCN(c2ccncn2)CC1. The third-order valence-electron chi connectivity index (χ3n) is 3.04. The molecule has 6 nitrogen and oxygen atoms in total. The van der Waals surface area contributed by atoms with Crippen molar-refractivity contribution in [2.75, 3.05) is 49.6 Å². The highest BCUT2D eigenvalue weighted by Crippen LogP contribution is 2.11. The van der Waals surface area contributed by atoms with Gasteiger partial charge in [0.05, 0.1) is 5.75 Å². The number of aromatic nitrogens is 2. The molecule has 0 radical (unpaired) electrons. The van der Waals surface area contributed by atoms with Crippen molar-refractivity contribution in [3.8, 4) is 0 Å². The van der Waals surface area contributed by atoms with Crippen LogP contribution in [0.25, 0.3) is 0 Å². The van der Waals surface area contributed by atoms with E-state index in [2.05, 4.69) is 19.8 Å². The number of rotatable bonds is 4. The van der Waals surface area contributed by atoms with Crippen LogP contribution in [-0.4, -0.2) is 68.0 Å². The van der Waals surface area contributed by atoms with Crippen molar-refractivity contribution in [3.63, 3.8) is 0 Å². The van der Waals surface area contributed by atoms with E-state index in [0.717, 1.165) is 32.0 Å². The summed E-state index contributed by atoms with van der Waals surface area (Å²) in [4.78, 5) is 12.5. The summed E-state index contributed by atoms with van der Waals surface area (Å²) >= 11 is 0. The molecular weight excluding hydrogens is 252 g/mol. The van der Waals surface area contributed by atoms with E-state index < -0.39 is 9.84 Å². The zero-order chi connectivity index (χ0) is 13.0. The number of nitrogens with zero attached hydrogens (tertiary/aromatic N) is 4. The Labute approximate surface area is 108 Å². The second-order valence-electron chi connectivity index (χ2n) is 4.53. The highest BCUT2D eigenvalue weighted by Gasteiger charge is 2.18. The predicted octanol–water partition coefficient (Wildman–Crippen LogP) is -0.357. The maximum Gasteiger partial charge on any atom is 0.148 e. The lowest BCUT2D eigenvalue weighted by atomic mass is 10.3. The number of hydrogen-bond donors (Lipinski definition) is 0. The van der Waals surface area contributed by atoms with Crippen LogP contribution in [0.2, 0.25) is 0 Å². The smallest absolute Gasteiger partial charge is 0.148 e. The van der Waals surface area contributed by atoms with E-state index in [1.807, 2.05) is 6.07 Å². The fraction of sp³-hybridized carbons (Fsp3) is 0.636. The summed E-state index contributed by atoms with van der Waals surface area (Å²) in [5, 5.41) is 0. The second-order valence-corrected chi connectivity index (χ2v) is 6.79. The van der Waals surface area contributed by atoms with Gasteiger partial charge in [0.25, 0.3) is 0 Å². The van der Waals surface area contributed by atoms with Crippen molar-refractivity contribution >= 4 is 15.7 Å². The average Bonchev–Trinajstić information content (AvgIpc) is 2.37. The summed E-state index contributed by atoms with van der Waals surface area (Å²) in [5.41, 5.74) is 0. The molecule has 1 aromatic heterocycles. The van der Waals surface area contributed by atoms with Gasteiger partial charge in [0.2, 0.25) is 0 Å². The molecule has 1 aliphatic heterocycles. The van der Waals surface area contributed by atoms with Gasteiger partial charge in [-0.15, -0.1) is 0 Å². The van der Waals surface area contributed by atoms with Crippen LogP contribution in [0.1, 0.15) is 0 Å². The lowest BCUT2D eigenvalue weighted by Crippen LogP contribution is -2.47. The zero-order valence-electron chi connectivity index (χ0n) is 10.5. The maximum absolute atomic E-state index is 11.1. The van der Waals surface area contributed by atoms with Crippen LogP contribution in [0.3, 0.4) is 0 Å². The van der Waals surface area contributed by atoms with E-state index in [9.17, 15) is 8.42 Å². The van der Waals surface area contributed by atoms with Crippen molar-refractivity contribution in [1.29, 1.82) is 0 Å². The van der Waals surface area contributed by atoms with Gasteiger partial charge in [-0.3, -0.25) is 4.90 Å². The molecule has 0 aliphatic carbocycles. The van der Waals surface area contributed by atoms with Gasteiger partial charge in [-0.1, -0.05) is 0 Å². The first-order chi connectivity index (χ1) is 8.54. The Bertz CT molecular complexity index is 469. The Balaban J connectivity index is 1.82. The first kappa shape index (κ1) is 13.2. The van der Waals surface area contributed by atoms with Gasteiger partial charge >= 0.3 is 0 Å². The molecule has 0 amide bonds. The lowest BCUT2D eigenvalue weighted by molar-refractivity contribution is 0.271. The van der Waals surface area contributed by atoms with Crippen molar-refractivity contribution in [2.24, 2.45) is 0 Å². The Morgan fingerprint density at radius 2 is 2.00 bits per heavy atom. The van der Waals surface area contributed by atoms with Gasteiger partial charge in [-0.05, 0) is 6.07 Å². The molecular formula is C11H18N4O2S. The van der Waals surface area contributed by atoms with Crippen LogP contribution >= 0.6 is 0 Å². The van der Waals surface area contributed by atoms with E-state index in [1.54, 1.807) is 12.5 Å². The molecule has 1 aromatic rings. The van der Waals surface area contributed by atoms with Crippen LogP contribution in [-0.2, 0) is 9.84 Å². The van der Waals surface area contributed by atoms with Crippen molar-refractivity contribution < 1.29 is 8.42 Å². The van der Waals surface area contributed by atoms with E-state index in [-0.39, 0.29) is 5.75 Å².